The van der Waals surface area contributed by atoms with E-state index in [1.165, 1.54) is 0 Å². The van der Waals surface area contributed by atoms with E-state index >= 15 is 0 Å². The predicted molar refractivity (Wildman–Crippen MR) is 60.2 cm³/mol. The minimum absolute atomic E-state index is 0.0696. The highest BCUT2D eigenvalue weighted by molar-refractivity contribution is 7.85. The normalized spacial score (nSPS) is 15.9. The Morgan fingerprint density at radius 1 is 1.57 bits per heavy atom. The monoisotopic (exact) mass is 216 g/mol. The molecule has 3 nitrogen and oxygen atoms in total. The first-order valence-electron chi connectivity index (χ1n) is 4.91. The second-order valence-corrected chi connectivity index (χ2v) is 6.20. The largest absolute Gasteiger partial charge is 0.329 e. The maximum absolute atomic E-state index is 11.5. The summed E-state index contributed by atoms with van der Waals surface area (Å²) in [5.41, 5.74) is 5.12. The van der Waals surface area contributed by atoms with Gasteiger partial charge in [0, 0.05) is 28.3 Å². The van der Waals surface area contributed by atoms with Crippen molar-refractivity contribution < 1.29 is 4.21 Å². The van der Waals surface area contributed by atoms with Gasteiger partial charge in [0.25, 0.3) is 0 Å². The Labute approximate surface area is 89.1 Å². The number of nitriles is 1. The molecule has 0 rings (SSSR count). The van der Waals surface area contributed by atoms with Crippen LogP contribution in [0, 0.1) is 16.7 Å². The topological polar surface area (TPSA) is 66.9 Å². The first-order chi connectivity index (χ1) is 6.43. The Morgan fingerprint density at radius 3 is 2.57 bits per heavy atom. The van der Waals surface area contributed by atoms with E-state index in [4.69, 9.17) is 11.0 Å². The van der Waals surface area contributed by atoms with E-state index in [1.54, 1.807) is 0 Å². The molecule has 0 saturated carbocycles. The molecule has 0 fully saturated rings. The molecule has 0 heterocycles. The average Bonchev–Trinajstić information content (AvgIpc) is 2.16. The Balaban J connectivity index is 3.76. The lowest BCUT2D eigenvalue weighted by atomic mass is 9.90. The Bertz CT molecular complexity index is 233. The zero-order valence-electron chi connectivity index (χ0n) is 9.25. The molecule has 0 aromatic carbocycles. The van der Waals surface area contributed by atoms with Crippen LogP contribution in [-0.4, -0.2) is 21.8 Å². The highest BCUT2D eigenvalue weighted by atomic mass is 32.2. The van der Waals surface area contributed by atoms with Gasteiger partial charge in [0.15, 0.2) is 0 Å². The number of hydrogen-bond acceptors (Lipinski definition) is 3. The van der Waals surface area contributed by atoms with Crippen molar-refractivity contribution in [2.45, 2.75) is 38.9 Å². The number of nitrogens with zero attached hydrogens (tertiary/aromatic N) is 1. The van der Waals surface area contributed by atoms with Crippen LogP contribution in [0.5, 0.6) is 0 Å². The van der Waals surface area contributed by atoms with E-state index in [-0.39, 0.29) is 10.7 Å². The number of nitrogens with two attached hydrogens (primary N) is 1. The maximum atomic E-state index is 11.5. The third kappa shape index (κ3) is 5.36. The van der Waals surface area contributed by atoms with E-state index in [0.717, 1.165) is 12.8 Å². The Morgan fingerprint density at radius 2 is 2.14 bits per heavy atom. The van der Waals surface area contributed by atoms with E-state index in [1.807, 2.05) is 20.8 Å². The average molecular weight is 216 g/mol. The molecule has 2 N–H and O–H groups in total. The lowest BCUT2D eigenvalue weighted by Crippen LogP contribution is -2.24. The summed E-state index contributed by atoms with van der Waals surface area (Å²) in [6.45, 7) is 6.17. The van der Waals surface area contributed by atoms with Crippen LogP contribution in [0.1, 0.15) is 33.6 Å². The molecule has 82 valence electrons. The molecule has 2 atom stereocenters. The summed E-state index contributed by atoms with van der Waals surface area (Å²) in [5.74, 6) is 0.656. The zero-order valence-corrected chi connectivity index (χ0v) is 10.1. The quantitative estimate of drug-likeness (QED) is 0.730. The van der Waals surface area contributed by atoms with Gasteiger partial charge in [-0.05, 0) is 33.6 Å². The number of rotatable bonds is 6. The molecule has 0 spiro atoms. The molecule has 0 saturated heterocycles. The first-order valence-corrected chi connectivity index (χ1v) is 6.29. The third-order valence-corrected chi connectivity index (χ3v) is 4.01. The van der Waals surface area contributed by atoms with E-state index in [9.17, 15) is 4.21 Å². The molecule has 0 radical (unpaired) electrons. The lowest BCUT2D eigenvalue weighted by Gasteiger charge is -2.15. The minimum Gasteiger partial charge on any atom is -0.329 e. The van der Waals surface area contributed by atoms with Crippen molar-refractivity contribution >= 4 is 10.8 Å². The molecular weight excluding hydrogens is 196 g/mol. The molecule has 0 aliphatic carbocycles. The molecule has 0 aliphatic heterocycles. The molecule has 2 unspecified atom stereocenters. The SMILES string of the molecule is CC(CN)S(=O)CCCC(C)(C)C#N. The zero-order chi connectivity index (χ0) is 11.2. The second kappa shape index (κ2) is 6.15. The Hall–Kier alpha value is -0.400. The molecule has 0 bridgehead atoms. The summed E-state index contributed by atoms with van der Waals surface area (Å²) in [6, 6.07) is 2.23. The summed E-state index contributed by atoms with van der Waals surface area (Å²) in [4.78, 5) is 0. The van der Waals surface area contributed by atoms with Gasteiger partial charge in [0.05, 0.1) is 11.5 Å². The minimum atomic E-state index is -0.836. The van der Waals surface area contributed by atoms with Gasteiger partial charge < -0.3 is 5.73 Å². The highest BCUT2D eigenvalue weighted by Gasteiger charge is 2.17. The van der Waals surface area contributed by atoms with Gasteiger partial charge in [0.2, 0.25) is 0 Å². The van der Waals surface area contributed by atoms with Crippen molar-refractivity contribution in [3.8, 4) is 6.07 Å². The first kappa shape index (κ1) is 13.6. The summed E-state index contributed by atoms with van der Waals surface area (Å²) >= 11 is 0. The maximum Gasteiger partial charge on any atom is 0.0683 e. The van der Waals surface area contributed by atoms with Crippen LogP contribution >= 0.6 is 0 Å². The van der Waals surface area contributed by atoms with Gasteiger partial charge in [0.1, 0.15) is 0 Å². The molecular formula is C10H20N2OS. The van der Waals surface area contributed by atoms with E-state index < -0.39 is 10.8 Å². The van der Waals surface area contributed by atoms with Crippen LogP contribution in [0.4, 0.5) is 0 Å². The van der Waals surface area contributed by atoms with Crippen molar-refractivity contribution in [2.24, 2.45) is 11.1 Å². The van der Waals surface area contributed by atoms with Gasteiger partial charge in [-0.2, -0.15) is 5.26 Å². The fourth-order valence-electron chi connectivity index (χ4n) is 1.02. The fourth-order valence-corrected chi connectivity index (χ4v) is 2.07. The van der Waals surface area contributed by atoms with Crippen molar-refractivity contribution in [2.75, 3.05) is 12.3 Å². The molecule has 0 aromatic rings. The van der Waals surface area contributed by atoms with Crippen molar-refractivity contribution in [1.29, 1.82) is 5.26 Å². The second-order valence-electron chi connectivity index (χ2n) is 4.23. The summed E-state index contributed by atoms with van der Waals surface area (Å²) in [5, 5.41) is 8.84. The van der Waals surface area contributed by atoms with Gasteiger partial charge in [-0.1, -0.05) is 0 Å². The van der Waals surface area contributed by atoms with E-state index in [0.29, 0.717) is 12.3 Å². The van der Waals surface area contributed by atoms with Gasteiger partial charge in [-0.15, -0.1) is 0 Å². The van der Waals surface area contributed by atoms with Gasteiger partial charge in [-0.3, -0.25) is 4.21 Å². The lowest BCUT2D eigenvalue weighted by molar-refractivity contribution is 0.446. The fraction of sp³-hybridized carbons (Fsp3) is 0.900. The molecule has 0 aromatic heterocycles. The van der Waals surface area contributed by atoms with Crippen molar-refractivity contribution in [1.82, 2.24) is 0 Å². The van der Waals surface area contributed by atoms with Crippen molar-refractivity contribution in [3.63, 3.8) is 0 Å². The summed E-state index contributed by atoms with van der Waals surface area (Å²) in [6.07, 6.45) is 1.63. The summed E-state index contributed by atoms with van der Waals surface area (Å²) < 4.78 is 11.5. The molecule has 14 heavy (non-hydrogen) atoms. The van der Waals surface area contributed by atoms with Gasteiger partial charge >= 0.3 is 0 Å². The third-order valence-electron chi connectivity index (χ3n) is 2.23. The standard InChI is InChI=1S/C10H20N2OS/c1-9(7-11)14(13)6-4-5-10(2,3)8-12/h9H,4-7,11H2,1-3H3. The molecule has 0 aliphatic rings. The van der Waals surface area contributed by atoms with Crippen molar-refractivity contribution in [3.05, 3.63) is 0 Å². The van der Waals surface area contributed by atoms with E-state index in [2.05, 4.69) is 6.07 Å². The number of hydrogen-bond donors (Lipinski definition) is 1. The molecule has 4 heteroatoms. The Kier molecular flexibility index (Phi) is 5.98. The van der Waals surface area contributed by atoms with Crippen LogP contribution < -0.4 is 5.73 Å². The smallest absolute Gasteiger partial charge is 0.0683 e. The summed E-state index contributed by atoms with van der Waals surface area (Å²) in [7, 11) is -0.836. The van der Waals surface area contributed by atoms with Crippen LogP contribution in [-0.2, 0) is 10.8 Å². The predicted octanol–water partition coefficient (Wildman–Crippen LogP) is 1.41. The molecule has 0 amide bonds. The van der Waals surface area contributed by atoms with Crippen LogP contribution in [0.3, 0.4) is 0 Å². The van der Waals surface area contributed by atoms with Crippen LogP contribution in [0.15, 0.2) is 0 Å². The highest BCUT2D eigenvalue weighted by Crippen LogP contribution is 2.20. The van der Waals surface area contributed by atoms with Crippen LogP contribution in [0.25, 0.3) is 0 Å². The van der Waals surface area contributed by atoms with Gasteiger partial charge in [-0.25, -0.2) is 0 Å². The van der Waals surface area contributed by atoms with Crippen LogP contribution in [0.2, 0.25) is 0 Å².